The molecule has 0 saturated heterocycles. The summed E-state index contributed by atoms with van der Waals surface area (Å²) in [4.78, 5) is 0. The van der Waals surface area contributed by atoms with Crippen LogP contribution in [0, 0.1) is 0 Å². The molecule has 3 nitrogen and oxygen atoms in total. The molecule has 1 unspecified atom stereocenters. The molecule has 0 aliphatic rings. The van der Waals surface area contributed by atoms with Crippen LogP contribution in [0.4, 0.5) is 0 Å². The summed E-state index contributed by atoms with van der Waals surface area (Å²) in [6.45, 7) is 7.87. The summed E-state index contributed by atoms with van der Waals surface area (Å²) in [6, 6.07) is 0.726. The van der Waals surface area contributed by atoms with Crippen molar-refractivity contribution < 1.29 is 14.0 Å². The van der Waals surface area contributed by atoms with Crippen LogP contribution in [0.5, 0.6) is 0 Å². The van der Waals surface area contributed by atoms with Crippen molar-refractivity contribution in [2.24, 2.45) is 0 Å². The first kappa shape index (κ1) is 16.1. The van der Waals surface area contributed by atoms with Gasteiger partial charge in [-0.3, -0.25) is 0 Å². The molecule has 1 atom stereocenters. The summed E-state index contributed by atoms with van der Waals surface area (Å²) < 4.78 is 11.5. The third kappa shape index (κ3) is 9.33. The third-order valence-electron chi connectivity index (χ3n) is 2.54. The molecule has 0 rings (SSSR count). The van der Waals surface area contributed by atoms with Gasteiger partial charge in [0.2, 0.25) is 0 Å². The van der Waals surface area contributed by atoms with Gasteiger partial charge < -0.3 is 14.0 Å². The van der Waals surface area contributed by atoms with E-state index in [1.165, 1.54) is 0 Å². The topological polar surface area (TPSA) is 38.7 Å². The predicted molar refractivity (Wildman–Crippen MR) is 70.0 cm³/mol. The van der Waals surface area contributed by atoms with E-state index in [2.05, 4.69) is 13.8 Å². The Hall–Kier alpha value is 0.0969. The molecule has 1 N–H and O–H groups in total. The lowest BCUT2D eigenvalue weighted by atomic mass is 10.3. The highest BCUT2D eigenvalue weighted by atomic mass is 28.3. The monoisotopic (exact) mass is 248 g/mol. The zero-order valence-electron chi connectivity index (χ0n) is 11.1. The van der Waals surface area contributed by atoms with Gasteiger partial charge in [0.05, 0.1) is 6.10 Å². The highest BCUT2D eigenvalue weighted by Gasteiger charge is 2.17. The predicted octanol–water partition coefficient (Wildman–Crippen LogP) is 2.61. The first-order valence-corrected chi connectivity index (χ1v) is 8.41. The fraction of sp³-hybridized carbons (Fsp3) is 1.00. The van der Waals surface area contributed by atoms with Crippen LogP contribution < -0.4 is 0 Å². The Morgan fingerprint density at radius 2 is 1.50 bits per heavy atom. The van der Waals surface area contributed by atoms with E-state index in [-0.39, 0.29) is 6.10 Å². The Balaban J connectivity index is 3.75. The number of rotatable bonds is 11. The molecule has 0 radical (unpaired) electrons. The number of hydrogen-bond acceptors (Lipinski definition) is 3. The average Bonchev–Trinajstić information content (AvgIpc) is 2.29. The van der Waals surface area contributed by atoms with E-state index in [0.717, 1.165) is 51.4 Å². The molecule has 0 fully saturated rings. The van der Waals surface area contributed by atoms with E-state index < -0.39 is 9.28 Å². The fourth-order valence-corrected chi connectivity index (χ4v) is 3.30. The smallest absolute Gasteiger partial charge is 0.324 e. The van der Waals surface area contributed by atoms with Crippen LogP contribution in [0.3, 0.4) is 0 Å². The van der Waals surface area contributed by atoms with Crippen LogP contribution in [0.2, 0.25) is 6.04 Å². The van der Waals surface area contributed by atoms with E-state index in [0.29, 0.717) is 0 Å². The van der Waals surface area contributed by atoms with Crippen molar-refractivity contribution in [1.29, 1.82) is 0 Å². The van der Waals surface area contributed by atoms with Gasteiger partial charge >= 0.3 is 9.28 Å². The molecule has 0 aromatic carbocycles. The number of aliphatic hydroxyl groups is 1. The van der Waals surface area contributed by atoms with E-state index in [9.17, 15) is 5.11 Å². The van der Waals surface area contributed by atoms with Gasteiger partial charge in [-0.05, 0) is 19.3 Å². The normalized spacial score (nSPS) is 13.3. The van der Waals surface area contributed by atoms with Crippen molar-refractivity contribution >= 4 is 9.28 Å². The molecule has 0 aromatic rings. The SMILES string of the molecule is CCCCO[SiH](CC(O)CC)OCCCC. The highest BCUT2D eigenvalue weighted by Crippen LogP contribution is 2.07. The second-order valence-electron chi connectivity index (χ2n) is 4.18. The quantitative estimate of drug-likeness (QED) is 0.451. The van der Waals surface area contributed by atoms with E-state index in [4.69, 9.17) is 8.85 Å². The van der Waals surface area contributed by atoms with Gasteiger partial charge in [-0.25, -0.2) is 0 Å². The molecule has 0 bridgehead atoms. The second kappa shape index (κ2) is 11.6. The number of hydrogen-bond donors (Lipinski definition) is 1. The van der Waals surface area contributed by atoms with Crippen molar-refractivity contribution in [3.63, 3.8) is 0 Å². The van der Waals surface area contributed by atoms with Crippen molar-refractivity contribution in [2.45, 2.75) is 65.0 Å². The minimum absolute atomic E-state index is 0.250. The average molecular weight is 248 g/mol. The van der Waals surface area contributed by atoms with Gasteiger partial charge in [0, 0.05) is 19.3 Å². The van der Waals surface area contributed by atoms with Gasteiger partial charge in [0.25, 0.3) is 0 Å². The van der Waals surface area contributed by atoms with Crippen molar-refractivity contribution in [1.82, 2.24) is 0 Å². The zero-order valence-corrected chi connectivity index (χ0v) is 12.2. The molecule has 0 aliphatic carbocycles. The summed E-state index contributed by atoms with van der Waals surface area (Å²) in [5.41, 5.74) is 0. The Morgan fingerprint density at radius 3 is 1.88 bits per heavy atom. The molecular formula is C12H28O3Si. The van der Waals surface area contributed by atoms with Crippen molar-refractivity contribution in [3.05, 3.63) is 0 Å². The maximum atomic E-state index is 9.62. The van der Waals surface area contributed by atoms with Crippen LogP contribution in [-0.2, 0) is 8.85 Å². The first-order valence-electron chi connectivity index (χ1n) is 6.65. The Morgan fingerprint density at radius 1 is 1.00 bits per heavy atom. The lowest BCUT2D eigenvalue weighted by Crippen LogP contribution is -2.28. The molecule has 16 heavy (non-hydrogen) atoms. The fourth-order valence-electron chi connectivity index (χ4n) is 1.29. The molecule has 0 amide bonds. The van der Waals surface area contributed by atoms with Crippen LogP contribution >= 0.6 is 0 Å². The van der Waals surface area contributed by atoms with Gasteiger partial charge in [0.1, 0.15) is 0 Å². The van der Waals surface area contributed by atoms with Gasteiger partial charge in [-0.2, -0.15) is 0 Å². The van der Waals surface area contributed by atoms with Crippen molar-refractivity contribution in [2.75, 3.05) is 13.2 Å². The van der Waals surface area contributed by atoms with E-state index in [1.807, 2.05) is 6.92 Å². The summed E-state index contributed by atoms with van der Waals surface area (Å²) in [6.07, 6.45) is 5.00. The van der Waals surface area contributed by atoms with Gasteiger partial charge in [-0.1, -0.05) is 33.6 Å². The number of unbranched alkanes of at least 4 members (excludes halogenated alkanes) is 2. The van der Waals surface area contributed by atoms with E-state index >= 15 is 0 Å². The third-order valence-corrected chi connectivity index (χ3v) is 4.68. The van der Waals surface area contributed by atoms with Crippen LogP contribution in [0.1, 0.15) is 52.9 Å². The molecule has 0 spiro atoms. The molecule has 0 heterocycles. The molecule has 98 valence electrons. The standard InChI is InChI=1S/C12H28O3Si/c1-4-7-9-14-16(11-12(13)6-3)15-10-8-5-2/h12-13,16H,4-11H2,1-3H3. The van der Waals surface area contributed by atoms with Crippen LogP contribution in [0.15, 0.2) is 0 Å². The summed E-state index contributed by atoms with van der Waals surface area (Å²) in [5, 5.41) is 9.62. The first-order chi connectivity index (χ1) is 7.74. The molecule has 0 aromatic heterocycles. The summed E-state index contributed by atoms with van der Waals surface area (Å²) in [5.74, 6) is 0. The Bertz CT molecular complexity index is 134. The largest absolute Gasteiger partial charge is 0.396 e. The van der Waals surface area contributed by atoms with Crippen molar-refractivity contribution in [3.8, 4) is 0 Å². The van der Waals surface area contributed by atoms with Crippen LogP contribution in [0.25, 0.3) is 0 Å². The highest BCUT2D eigenvalue weighted by molar-refractivity contribution is 6.44. The second-order valence-corrected chi connectivity index (χ2v) is 6.17. The lowest BCUT2D eigenvalue weighted by Gasteiger charge is -2.18. The maximum Gasteiger partial charge on any atom is 0.324 e. The Kier molecular flexibility index (Phi) is 11.6. The lowest BCUT2D eigenvalue weighted by molar-refractivity contribution is 0.149. The summed E-state index contributed by atoms with van der Waals surface area (Å²) >= 11 is 0. The number of aliphatic hydroxyl groups excluding tert-OH is 1. The minimum atomic E-state index is -1.62. The summed E-state index contributed by atoms with van der Waals surface area (Å²) in [7, 11) is -1.62. The zero-order chi connectivity index (χ0) is 12.2. The molecule has 0 saturated carbocycles. The molecule has 4 heteroatoms. The maximum absolute atomic E-state index is 9.62. The van der Waals surface area contributed by atoms with Crippen LogP contribution in [-0.4, -0.2) is 33.7 Å². The minimum Gasteiger partial charge on any atom is -0.396 e. The van der Waals surface area contributed by atoms with Gasteiger partial charge in [0.15, 0.2) is 0 Å². The van der Waals surface area contributed by atoms with Gasteiger partial charge in [-0.15, -0.1) is 0 Å². The Labute approximate surface area is 102 Å². The molecular weight excluding hydrogens is 220 g/mol. The molecule has 0 aliphatic heterocycles. The van der Waals surface area contributed by atoms with E-state index in [1.54, 1.807) is 0 Å².